The smallest absolute Gasteiger partial charge is 0.163 e. The number of hydrogen-bond donors (Lipinski definition) is 0. The van der Waals surface area contributed by atoms with E-state index in [9.17, 15) is 4.79 Å². The predicted molar refractivity (Wildman–Crippen MR) is 46.9 cm³/mol. The molecular formula is C8H10BrNO2. The summed E-state index contributed by atoms with van der Waals surface area (Å²) in [6.07, 6.45) is 1.07. The van der Waals surface area contributed by atoms with E-state index in [1.54, 1.807) is 0 Å². The third-order valence-electron chi connectivity index (χ3n) is 2.22. The van der Waals surface area contributed by atoms with Crippen molar-refractivity contribution in [1.29, 1.82) is 5.26 Å². The standard InChI is InChI=1S/C8H10BrNO2/c9-5-7(11)8(6-10)1-3-12-4-2-8/h1-5H2. The molecule has 0 amide bonds. The van der Waals surface area contributed by atoms with Crippen LogP contribution in [0, 0.1) is 16.7 Å². The molecule has 1 aliphatic heterocycles. The lowest BCUT2D eigenvalue weighted by molar-refractivity contribution is -0.127. The predicted octanol–water partition coefficient (Wildman–Crippen LogP) is 1.27. The summed E-state index contributed by atoms with van der Waals surface area (Å²) in [4.78, 5) is 11.4. The van der Waals surface area contributed by atoms with Gasteiger partial charge in [-0.05, 0) is 12.8 Å². The number of alkyl halides is 1. The van der Waals surface area contributed by atoms with Crippen LogP contribution < -0.4 is 0 Å². The lowest BCUT2D eigenvalue weighted by Gasteiger charge is -2.28. The van der Waals surface area contributed by atoms with Gasteiger partial charge in [0.15, 0.2) is 5.78 Å². The minimum atomic E-state index is -0.776. The fourth-order valence-electron chi connectivity index (χ4n) is 1.30. The first kappa shape index (κ1) is 9.69. The molecule has 3 nitrogen and oxygen atoms in total. The van der Waals surface area contributed by atoms with E-state index in [0.29, 0.717) is 26.1 Å². The molecule has 12 heavy (non-hydrogen) atoms. The van der Waals surface area contributed by atoms with Crippen LogP contribution in [0.15, 0.2) is 0 Å². The van der Waals surface area contributed by atoms with E-state index in [2.05, 4.69) is 22.0 Å². The molecule has 1 saturated heterocycles. The summed E-state index contributed by atoms with van der Waals surface area (Å²) in [6, 6.07) is 2.11. The van der Waals surface area contributed by atoms with Gasteiger partial charge in [-0.15, -0.1) is 0 Å². The molecule has 1 rings (SSSR count). The maximum Gasteiger partial charge on any atom is 0.163 e. The Morgan fingerprint density at radius 1 is 1.58 bits per heavy atom. The quantitative estimate of drug-likeness (QED) is 0.673. The first-order chi connectivity index (χ1) is 5.75. The topological polar surface area (TPSA) is 50.1 Å². The molecule has 0 unspecified atom stereocenters. The number of carbonyl (C=O) groups excluding carboxylic acids is 1. The van der Waals surface area contributed by atoms with Gasteiger partial charge in [-0.2, -0.15) is 5.26 Å². The maximum absolute atomic E-state index is 11.4. The lowest BCUT2D eigenvalue weighted by Crippen LogP contribution is -2.36. The van der Waals surface area contributed by atoms with Crippen LogP contribution >= 0.6 is 15.9 Å². The fraction of sp³-hybridized carbons (Fsp3) is 0.750. The molecule has 0 aromatic rings. The minimum absolute atomic E-state index is 0.0201. The van der Waals surface area contributed by atoms with Gasteiger partial charge in [-0.3, -0.25) is 4.79 Å². The minimum Gasteiger partial charge on any atom is -0.381 e. The van der Waals surface area contributed by atoms with Crippen LogP contribution in [0.3, 0.4) is 0 Å². The van der Waals surface area contributed by atoms with Crippen LogP contribution in [0.2, 0.25) is 0 Å². The van der Waals surface area contributed by atoms with Crippen LogP contribution in [-0.2, 0) is 9.53 Å². The van der Waals surface area contributed by atoms with E-state index in [0.717, 1.165) is 0 Å². The Labute approximate surface area is 79.8 Å². The zero-order valence-electron chi connectivity index (χ0n) is 6.68. The van der Waals surface area contributed by atoms with Crippen molar-refractivity contribution in [2.45, 2.75) is 12.8 Å². The second-order valence-electron chi connectivity index (χ2n) is 2.86. The average Bonchev–Trinajstić information content (AvgIpc) is 2.17. The van der Waals surface area contributed by atoms with E-state index in [-0.39, 0.29) is 11.1 Å². The van der Waals surface area contributed by atoms with Crippen LogP contribution in [0.5, 0.6) is 0 Å². The second kappa shape index (κ2) is 4.01. The molecule has 0 radical (unpaired) electrons. The Kier molecular flexibility index (Phi) is 3.24. The number of rotatable bonds is 2. The van der Waals surface area contributed by atoms with Gasteiger partial charge >= 0.3 is 0 Å². The molecular weight excluding hydrogens is 222 g/mol. The molecule has 0 aromatic carbocycles. The Hall–Kier alpha value is -0.400. The van der Waals surface area contributed by atoms with Crippen LogP contribution in [0.1, 0.15) is 12.8 Å². The van der Waals surface area contributed by atoms with E-state index < -0.39 is 5.41 Å². The summed E-state index contributed by atoms with van der Waals surface area (Å²) >= 11 is 3.08. The largest absolute Gasteiger partial charge is 0.381 e. The zero-order chi connectivity index (χ0) is 9.03. The summed E-state index contributed by atoms with van der Waals surface area (Å²) in [5, 5.41) is 9.16. The molecule has 4 heteroatoms. The number of ether oxygens (including phenoxy) is 1. The Bertz CT molecular complexity index is 216. The molecule has 1 heterocycles. The highest BCUT2D eigenvalue weighted by Gasteiger charge is 2.39. The van der Waals surface area contributed by atoms with Gasteiger partial charge in [0.25, 0.3) is 0 Å². The van der Waals surface area contributed by atoms with Crippen LogP contribution in [0.4, 0.5) is 0 Å². The van der Waals surface area contributed by atoms with Crippen molar-refractivity contribution in [1.82, 2.24) is 0 Å². The lowest BCUT2D eigenvalue weighted by atomic mass is 9.78. The second-order valence-corrected chi connectivity index (χ2v) is 3.42. The van der Waals surface area contributed by atoms with Gasteiger partial charge in [-0.1, -0.05) is 15.9 Å². The molecule has 1 aliphatic rings. The number of hydrogen-bond acceptors (Lipinski definition) is 3. The van der Waals surface area contributed by atoms with Crippen molar-refractivity contribution in [3.05, 3.63) is 0 Å². The monoisotopic (exact) mass is 231 g/mol. The van der Waals surface area contributed by atoms with Crippen molar-refractivity contribution >= 4 is 21.7 Å². The van der Waals surface area contributed by atoms with Crippen molar-refractivity contribution in [2.75, 3.05) is 18.5 Å². The van der Waals surface area contributed by atoms with Gasteiger partial charge in [0, 0.05) is 13.2 Å². The van der Waals surface area contributed by atoms with Gasteiger partial charge in [0.1, 0.15) is 5.41 Å². The van der Waals surface area contributed by atoms with E-state index in [1.165, 1.54) is 0 Å². The molecule has 1 fully saturated rings. The summed E-state index contributed by atoms with van der Waals surface area (Å²) in [5.74, 6) is -0.0201. The summed E-state index contributed by atoms with van der Waals surface area (Å²) in [6.45, 7) is 1.04. The summed E-state index contributed by atoms with van der Waals surface area (Å²) in [7, 11) is 0. The molecule has 0 aromatic heterocycles. The zero-order valence-corrected chi connectivity index (χ0v) is 8.26. The van der Waals surface area contributed by atoms with Crippen molar-refractivity contribution < 1.29 is 9.53 Å². The van der Waals surface area contributed by atoms with Crippen LogP contribution in [-0.4, -0.2) is 24.3 Å². The van der Waals surface area contributed by atoms with Gasteiger partial charge in [0.05, 0.1) is 11.4 Å². The Morgan fingerprint density at radius 2 is 2.17 bits per heavy atom. The highest BCUT2D eigenvalue weighted by atomic mass is 79.9. The number of nitriles is 1. The number of nitrogens with zero attached hydrogens (tertiary/aromatic N) is 1. The van der Waals surface area contributed by atoms with E-state index in [4.69, 9.17) is 10.00 Å². The van der Waals surface area contributed by atoms with Gasteiger partial charge in [-0.25, -0.2) is 0 Å². The van der Waals surface area contributed by atoms with Crippen LogP contribution in [0.25, 0.3) is 0 Å². The highest BCUT2D eigenvalue weighted by Crippen LogP contribution is 2.31. The first-order valence-corrected chi connectivity index (χ1v) is 4.95. The van der Waals surface area contributed by atoms with Crippen molar-refractivity contribution in [3.63, 3.8) is 0 Å². The fourth-order valence-corrected chi connectivity index (χ4v) is 1.84. The maximum atomic E-state index is 11.4. The van der Waals surface area contributed by atoms with Gasteiger partial charge < -0.3 is 4.74 Å². The first-order valence-electron chi connectivity index (χ1n) is 3.83. The number of Topliss-reactive ketones (excluding diaryl/α,β-unsaturated/α-hetero) is 1. The summed E-state index contributed by atoms with van der Waals surface area (Å²) in [5.41, 5.74) is -0.776. The number of ketones is 1. The van der Waals surface area contributed by atoms with Crippen molar-refractivity contribution in [2.24, 2.45) is 5.41 Å². The van der Waals surface area contributed by atoms with E-state index in [1.807, 2.05) is 0 Å². The van der Waals surface area contributed by atoms with Gasteiger partial charge in [0.2, 0.25) is 0 Å². The summed E-state index contributed by atoms with van der Waals surface area (Å²) < 4.78 is 5.10. The third-order valence-corrected chi connectivity index (χ3v) is 2.72. The number of halogens is 1. The molecule has 0 saturated carbocycles. The third kappa shape index (κ3) is 1.67. The Morgan fingerprint density at radius 3 is 2.58 bits per heavy atom. The molecule has 0 atom stereocenters. The molecule has 66 valence electrons. The molecule has 0 aliphatic carbocycles. The van der Waals surface area contributed by atoms with E-state index >= 15 is 0 Å². The van der Waals surface area contributed by atoms with Crippen molar-refractivity contribution in [3.8, 4) is 6.07 Å². The Balaban J connectivity index is 2.74. The molecule has 0 N–H and O–H groups in total. The normalized spacial score (nSPS) is 21.3. The average molecular weight is 232 g/mol. The SMILES string of the molecule is N#CC1(C(=O)CBr)CCOCC1. The molecule has 0 bridgehead atoms. The highest BCUT2D eigenvalue weighted by molar-refractivity contribution is 9.09. The molecule has 0 spiro atoms. The number of carbonyl (C=O) groups is 1.